The summed E-state index contributed by atoms with van der Waals surface area (Å²) in [6, 6.07) is 9.08. The monoisotopic (exact) mass is 257 g/mol. The molecule has 1 amide bonds. The number of hydrogen-bond acceptors (Lipinski definition) is 3. The standard InChI is InChI=1S/C15H15NO3/c1-2-19-15(18)16-13-8-9-14(17)12(13)10-11-6-4-3-5-7-11/h3-10,13H,2H2,1H3,(H,16,18). The third kappa shape index (κ3) is 3.31. The molecular weight excluding hydrogens is 242 g/mol. The first kappa shape index (κ1) is 13.1. The van der Waals surface area contributed by atoms with E-state index in [0.29, 0.717) is 12.2 Å². The van der Waals surface area contributed by atoms with Crippen LogP contribution in [0, 0.1) is 0 Å². The number of ether oxygens (including phenoxy) is 1. The van der Waals surface area contributed by atoms with Gasteiger partial charge in [0, 0.05) is 5.57 Å². The molecule has 0 heterocycles. The minimum absolute atomic E-state index is 0.0920. The minimum atomic E-state index is -0.522. The first-order valence-corrected chi connectivity index (χ1v) is 6.13. The van der Waals surface area contributed by atoms with Crippen molar-refractivity contribution < 1.29 is 14.3 Å². The molecule has 2 rings (SSSR count). The van der Waals surface area contributed by atoms with Gasteiger partial charge in [-0.05, 0) is 24.6 Å². The van der Waals surface area contributed by atoms with Gasteiger partial charge in [0.25, 0.3) is 0 Å². The van der Waals surface area contributed by atoms with E-state index in [1.54, 1.807) is 19.1 Å². The van der Waals surface area contributed by atoms with E-state index in [4.69, 9.17) is 4.74 Å². The van der Waals surface area contributed by atoms with Gasteiger partial charge >= 0.3 is 6.09 Å². The zero-order chi connectivity index (χ0) is 13.7. The smallest absolute Gasteiger partial charge is 0.407 e. The van der Waals surface area contributed by atoms with Crippen LogP contribution in [0.25, 0.3) is 6.08 Å². The number of carbonyl (C=O) groups excluding carboxylic acids is 2. The molecule has 1 aliphatic carbocycles. The van der Waals surface area contributed by atoms with Crippen LogP contribution in [0.5, 0.6) is 0 Å². The number of amides is 1. The van der Waals surface area contributed by atoms with Crippen molar-refractivity contribution in [2.45, 2.75) is 13.0 Å². The average Bonchev–Trinajstić information content (AvgIpc) is 2.73. The maximum Gasteiger partial charge on any atom is 0.407 e. The summed E-state index contributed by atoms with van der Waals surface area (Å²) in [5, 5.41) is 2.64. The predicted octanol–water partition coefficient (Wildman–Crippen LogP) is 2.32. The van der Waals surface area contributed by atoms with Gasteiger partial charge in [-0.2, -0.15) is 0 Å². The zero-order valence-electron chi connectivity index (χ0n) is 10.6. The van der Waals surface area contributed by atoms with E-state index in [0.717, 1.165) is 5.56 Å². The average molecular weight is 257 g/mol. The largest absolute Gasteiger partial charge is 0.450 e. The number of hydrogen-bond donors (Lipinski definition) is 1. The number of carbonyl (C=O) groups is 2. The number of alkyl carbamates (subject to hydrolysis) is 1. The van der Waals surface area contributed by atoms with Crippen LogP contribution in [0.1, 0.15) is 12.5 Å². The Balaban J connectivity index is 2.16. The molecule has 0 fully saturated rings. The highest BCUT2D eigenvalue weighted by Crippen LogP contribution is 2.18. The Bertz CT molecular complexity index is 532. The van der Waals surface area contributed by atoms with Crippen LogP contribution in [0.2, 0.25) is 0 Å². The van der Waals surface area contributed by atoms with Crippen LogP contribution in [0.4, 0.5) is 4.79 Å². The van der Waals surface area contributed by atoms with Crippen molar-refractivity contribution >= 4 is 18.0 Å². The second-order valence-corrected chi connectivity index (χ2v) is 4.08. The fraction of sp³-hybridized carbons (Fsp3) is 0.200. The van der Waals surface area contributed by atoms with Gasteiger partial charge in [-0.15, -0.1) is 0 Å². The van der Waals surface area contributed by atoms with Crippen molar-refractivity contribution in [1.82, 2.24) is 5.32 Å². The van der Waals surface area contributed by atoms with E-state index in [-0.39, 0.29) is 5.78 Å². The van der Waals surface area contributed by atoms with Crippen LogP contribution in [0.15, 0.2) is 48.1 Å². The molecule has 1 aromatic rings. The molecule has 1 aromatic carbocycles. The molecule has 0 saturated carbocycles. The molecule has 1 atom stereocenters. The lowest BCUT2D eigenvalue weighted by atomic mass is 10.1. The van der Waals surface area contributed by atoms with Crippen LogP contribution in [0.3, 0.4) is 0 Å². The minimum Gasteiger partial charge on any atom is -0.450 e. The molecule has 0 aliphatic heterocycles. The van der Waals surface area contributed by atoms with Gasteiger partial charge in [0.15, 0.2) is 5.78 Å². The number of nitrogens with one attached hydrogen (secondary N) is 1. The van der Waals surface area contributed by atoms with Gasteiger partial charge in [-0.25, -0.2) is 4.79 Å². The zero-order valence-corrected chi connectivity index (χ0v) is 10.6. The summed E-state index contributed by atoms with van der Waals surface area (Å²) in [6.45, 7) is 2.03. The van der Waals surface area contributed by atoms with Gasteiger partial charge in [0.1, 0.15) is 0 Å². The Morgan fingerprint density at radius 2 is 2.11 bits per heavy atom. The second-order valence-electron chi connectivity index (χ2n) is 4.08. The van der Waals surface area contributed by atoms with Gasteiger partial charge in [-0.3, -0.25) is 4.79 Å². The fourth-order valence-electron chi connectivity index (χ4n) is 1.85. The van der Waals surface area contributed by atoms with Gasteiger partial charge < -0.3 is 10.1 Å². The third-order valence-electron chi connectivity index (χ3n) is 2.73. The Hall–Kier alpha value is -2.36. The highest BCUT2D eigenvalue weighted by molar-refractivity contribution is 6.11. The van der Waals surface area contributed by atoms with Crippen LogP contribution < -0.4 is 5.32 Å². The quantitative estimate of drug-likeness (QED) is 0.845. The predicted molar refractivity (Wildman–Crippen MR) is 72.5 cm³/mol. The second kappa shape index (κ2) is 6.00. The number of ketones is 1. The van der Waals surface area contributed by atoms with E-state index in [9.17, 15) is 9.59 Å². The molecule has 0 bridgehead atoms. The summed E-state index contributed by atoms with van der Waals surface area (Å²) < 4.78 is 4.82. The molecule has 4 heteroatoms. The lowest BCUT2D eigenvalue weighted by Crippen LogP contribution is -2.34. The lowest BCUT2D eigenvalue weighted by Gasteiger charge is -2.12. The SMILES string of the molecule is CCOC(=O)NC1C=CC(=O)C1=Cc1ccccc1. The third-order valence-corrected chi connectivity index (χ3v) is 2.73. The van der Waals surface area contributed by atoms with Gasteiger partial charge in [0.2, 0.25) is 0 Å². The van der Waals surface area contributed by atoms with Crippen LogP contribution in [-0.4, -0.2) is 24.5 Å². The van der Waals surface area contributed by atoms with Gasteiger partial charge in [0.05, 0.1) is 12.6 Å². The first-order valence-electron chi connectivity index (χ1n) is 6.13. The van der Waals surface area contributed by atoms with Crippen molar-refractivity contribution in [3.05, 3.63) is 53.6 Å². The number of rotatable bonds is 3. The summed E-state index contributed by atoms with van der Waals surface area (Å²) in [7, 11) is 0. The normalized spacial score (nSPS) is 19.7. The topological polar surface area (TPSA) is 55.4 Å². The van der Waals surface area contributed by atoms with Crippen molar-refractivity contribution in [2.75, 3.05) is 6.61 Å². The Labute approximate surface area is 111 Å². The maximum atomic E-state index is 11.8. The Morgan fingerprint density at radius 1 is 1.37 bits per heavy atom. The highest BCUT2D eigenvalue weighted by Gasteiger charge is 2.24. The maximum absolute atomic E-state index is 11.8. The van der Waals surface area contributed by atoms with E-state index in [1.165, 1.54) is 6.08 Å². The molecule has 0 spiro atoms. The molecule has 98 valence electrons. The molecule has 1 N–H and O–H groups in total. The molecule has 1 aliphatic rings. The lowest BCUT2D eigenvalue weighted by molar-refractivity contribution is -0.111. The molecule has 4 nitrogen and oxygen atoms in total. The number of allylic oxidation sites excluding steroid dienone is 1. The van der Waals surface area contributed by atoms with Crippen LogP contribution >= 0.6 is 0 Å². The van der Waals surface area contributed by atoms with Gasteiger partial charge in [-0.1, -0.05) is 36.4 Å². The van der Waals surface area contributed by atoms with Crippen molar-refractivity contribution in [3.63, 3.8) is 0 Å². The van der Waals surface area contributed by atoms with E-state index in [2.05, 4.69) is 5.32 Å². The summed E-state index contributed by atoms with van der Waals surface area (Å²) in [4.78, 5) is 23.2. The van der Waals surface area contributed by atoms with E-state index >= 15 is 0 Å². The molecule has 0 saturated heterocycles. The van der Waals surface area contributed by atoms with Crippen molar-refractivity contribution in [2.24, 2.45) is 0 Å². The molecular formula is C15H15NO3. The summed E-state index contributed by atoms with van der Waals surface area (Å²) in [5.41, 5.74) is 1.46. The number of benzene rings is 1. The molecule has 0 aromatic heterocycles. The van der Waals surface area contributed by atoms with E-state index in [1.807, 2.05) is 30.3 Å². The molecule has 0 radical (unpaired) electrons. The Morgan fingerprint density at radius 3 is 2.79 bits per heavy atom. The summed E-state index contributed by atoms with van der Waals surface area (Å²) >= 11 is 0. The van der Waals surface area contributed by atoms with Crippen molar-refractivity contribution in [3.8, 4) is 0 Å². The first-order chi connectivity index (χ1) is 9.20. The van der Waals surface area contributed by atoms with Crippen LogP contribution in [-0.2, 0) is 9.53 Å². The highest BCUT2D eigenvalue weighted by atomic mass is 16.5. The summed E-state index contributed by atoms with van der Waals surface area (Å²) in [6.07, 6.45) is 4.38. The molecule has 19 heavy (non-hydrogen) atoms. The Kier molecular flexibility index (Phi) is 4.13. The van der Waals surface area contributed by atoms with E-state index < -0.39 is 12.1 Å². The van der Waals surface area contributed by atoms with Crippen molar-refractivity contribution in [1.29, 1.82) is 0 Å². The fourth-order valence-corrected chi connectivity index (χ4v) is 1.85. The summed E-state index contributed by atoms with van der Waals surface area (Å²) in [5.74, 6) is -0.0920. The molecule has 1 unspecified atom stereocenters.